The van der Waals surface area contributed by atoms with Gasteiger partial charge in [0.05, 0.1) is 18.2 Å². The zero-order chi connectivity index (χ0) is 23.1. The molecule has 0 aromatic heterocycles. The third-order valence-corrected chi connectivity index (χ3v) is 8.82. The highest BCUT2D eigenvalue weighted by Gasteiger charge is 2.57. The van der Waals surface area contributed by atoms with E-state index in [0.717, 1.165) is 43.5 Å². The van der Waals surface area contributed by atoms with Gasteiger partial charge in [0, 0.05) is 30.9 Å². The van der Waals surface area contributed by atoms with Gasteiger partial charge in [-0.25, -0.2) is 0 Å². The fourth-order valence-electron chi connectivity index (χ4n) is 6.96. The van der Waals surface area contributed by atoms with E-state index in [0.29, 0.717) is 25.4 Å². The van der Waals surface area contributed by atoms with Gasteiger partial charge in [0.2, 0.25) is 5.91 Å². The molecule has 1 N–H and O–H groups in total. The van der Waals surface area contributed by atoms with E-state index in [1.165, 1.54) is 25.7 Å². The zero-order valence-corrected chi connectivity index (χ0v) is 19.8. The van der Waals surface area contributed by atoms with Crippen LogP contribution in [0.2, 0.25) is 0 Å². The largest absolute Gasteiger partial charge is 0.487 e. The molecule has 0 bridgehead atoms. The minimum absolute atomic E-state index is 0.00346. The molecule has 1 aliphatic carbocycles. The Labute approximate surface area is 196 Å². The molecule has 5 rings (SSSR count). The van der Waals surface area contributed by atoms with Gasteiger partial charge in [-0.2, -0.15) is 0 Å². The summed E-state index contributed by atoms with van der Waals surface area (Å²) in [6, 6.07) is 7.96. The number of amides is 1. The Hall–Kier alpha value is -2.08. The molecule has 3 aliphatic heterocycles. The van der Waals surface area contributed by atoms with Gasteiger partial charge in [-0.3, -0.25) is 9.59 Å². The molecular formula is C27H37NO5. The van der Waals surface area contributed by atoms with Gasteiger partial charge in [0.1, 0.15) is 11.4 Å². The van der Waals surface area contributed by atoms with Crippen LogP contribution in [0.4, 0.5) is 0 Å². The van der Waals surface area contributed by atoms with Crippen molar-refractivity contribution in [1.29, 1.82) is 0 Å². The van der Waals surface area contributed by atoms with Gasteiger partial charge < -0.3 is 19.5 Å². The maximum Gasteiger partial charge on any atom is 0.303 e. The van der Waals surface area contributed by atoms with Gasteiger partial charge >= 0.3 is 5.97 Å². The van der Waals surface area contributed by atoms with E-state index in [2.05, 4.69) is 11.0 Å². The second-order valence-corrected chi connectivity index (χ2v) is 11.0. The molecule has 1 aromatic rings. The van der Waals surface area contributed by atoms with Crippen molar-refractivity contribution in [2.24, 2.45) is 11.8 Å². The predicted molar refractivity (Wildman–Crippen MR) is 124 cm³/mol. The lowest BCUT2D eigenvalue weighted by molar-refractivity contribution is -0.180. The summed E-state index contributed by atoms with van der Waals surface area (Å²) >= 11 is 0. The monoisotopic (exact) mass is 455 g/mol. The quantitative estimate of drug-likeness (QED) is 0.645. The second-order valence-electron chi connectivity index (χ2n) is 11.0. The molecular weight excluding hydrogens is 418 g/mol. The number of para-hydroxylation sites is 1. The minimum atomic E-state index is -0.814. The number of hydrogen-bond donors (Lipinski definition) is 1. The number of likely N-dealkylation sites (tertiary alicyclic amines) is 1. The van der Waals surface area contributed by atoms with Crippen molar-refractivity contribution >= 4 is 11.9 Å². The average Bonchev–Trinajstić information content (AvgIpc) is 3.47. The molecule has 2 saturated heterocycles. The third kappa shape index (κ3) is 4.27. The molecule has 3 fully saturated rings. The summed E-state index contributed by atoms with van der Waals surface area (Å²) in [6.07, 6.45) is 9.88. The Morgan fingerprint density at radius 2 is 1.94 bits per heavy atom. The lowest BCUT2D eigenvalue weighted by atomic mass is 9.68. The Balaban J connectivity index is 1.38. The van der Waals surface area contributed by atoms with E-state index in [4.69, 9.17) is 9.47 Å². The summed E-state index contributed by atoms with van der Waals surface area (Å²) in [5.74, 6) is 0.960. The summed E-state index contributed by atoms with van der Waals surface area (Å²) in [6.45, 7) is 3.38. The summed E-state index contributed by atoms with van der Waals surface area (Å²) < 4.78 is 13.1. The first-order valence-corrected chi connectivity index (χ1v) is 12.8. The molecule has 3 heterocycles. The topological polar surface area (TPSA) is 76.1 Å². The second kappa shape index (κ2) is 8.94. The smallest absolute Gasteiger partial charge is 0.303 e. The zero-order valence-electron chi connectivity index (χ0n) is 19.8. The number of aliphatic carboxylic acids is 1. The van der Waals surface area contributed by atoms with Gasteiger partial charge in [-0.15, -0.1) is 0 Å². The van der Waals surface area contributed by atoms with Gasteiger partial charge in [-0.1, -0.05) is 43.9 Å². The normalized spacial score (nSPS) is 33.5. The van der Waals surface area contributed by atoms with E-state index in [1.54, 1.807) is 0 Å². The number of hydrogen-bond acceptors (Lipinski definition) is 4. The van der Waals surface area contributed by atoms with E-state index < -0.39 is 11.6 Å². The molecule has 1 saturated carbocycles. The number of carbonyl (C=O) groups excluding carboxylic acids is 1. The highest BCUT2D eigenvalue weighted by Crippen LogP contribution is 2.55. The summed E-state index contributed by atoms with van der Waals surface area (Å²) in [4.78, 5) is 26.9. The number of fused-ring (bicyclic) bond motifs is 3. The van der Waals surface area contributed by atoms with Crippen LogP contribution in [0.25, 0.3) is 0 Å². The first kappa shape index (κ1) is 22.7. The first-order chi connectivity index (χ1) is 15.9. The van der Waals surface area contributed by atoms with Crippen LogP contribution in [-0.2, 0) is 14.3 Å². The molecule has 1 spiro atoms. The standard InChI is InChI=1S/C27H37NO5/c1-26(15-13-24(30)31)21-17-27(18-32-25(21)20-9-4-5-10-22(20)33-26)14-6-16-28(27)23(29)12-11-19-7-2-3-8-19/h4-5,9-10,19,21,25H,2-3,6-8,11-18H2,1H3,(H,30,31)/t21-,25+,26+,27+/m1/s1. The number of carbonyl (C=O) groups is 2. The van der Waals surface area contributed by atoms with Crippen LogP contribution in [0.1, 0.15) is 89.2 Å². The van der Waals surface area contributed by atoms with Crippen molar-refractivity contribution in [2.45, 2.75) is 94.8 Å². The fourth-order valence-corrected chi connectivity index (χ4v) is 6.96. The first-order valence-electron chi connectivity index (χ1n) is 12.8. The van der Waals surface area contributed by atoms with E-state index in [1.807, 2.05) is 25.1 Å². The van der Waals surface area contributed by atoms with Crippen LogP contribution in [0.15, 0.2) is 24.3 Å². The number of benzene rings is 1. The Morgan fingerprint density at radius 3 is 2.73 bits per heavy atom. The van der Waals surface area contributed by atoms with E-state index >= 15 is 0 Å². The van der Waals surface area contributed by atoms with Gasteiger partial charge in [0.25, 0.3) is 0 Å². The fraction of sp³-hybridized carbons (Fsp3) is 0.704. The molecule has 0 radical (unpaired) electrons. The predicted octanol–water partition coefficient (Wildman–Crippen LogP) is 5.11. The Kier molecular flexibility index (Phi) is 6.15. The van der Waals surface area contributed by atoms with Crippen molar-refractivity contribution < 1.29 is 24.2 Å². The molecule has 4 atom stereocenters. The van der Waals surface area contributed by atoms with Crippen LogP contribution in [-0.4, -0.2) is 46.2 Å². The van der Waals surface area contributed by atoms with Crippen LogP contribution >= 0.6 is 0 Å². The van der Waals surface area contributed by atoms with E-state index in [9.17, 15) is 14.7 Å². The Bertz CT molecular complexity index is 896. The molecule has 1 amide bonds. The van der Waals surface area contributed by atoms with Crippen molar-refractivity contribution in [3.63, 3.8) is 0 Å². The molecule has 33 heavy (non-hydrogen) atoms. The van der Waals surface area contributed by atoms with Crippen LogP contribution in [0, 0.1) is 11.8 Å². The highest BCUT2D eigenvalue weighted by molar-refractivity contribution is 5.77. The van der Waals surface area contributed by atoms with Crippen LogP contribution in [0.5, 0.6) is 5.75 Å². The maximum atomic E-state index is 13.4. The molecule has 1 aromatic carbocycles. The summed E-state index contributed by atoms with van der Waals surface area (Å²) in [5, 5.41) is 9.38. The van der Waals surface area contributed by atoms with Crippen LogP contribution < -0.4 is 4.74 Å². The average molecular weight is 456 g/mol. The van der Waals surface area contributed by atoms with Crippen molar-refractivity contribution in [1.82, 2.24) is 4.90 Å². The molecule has 6 heteroatoms. The highest BCUT2D eigenvalue weighted by atomic mass is 16.5. The summed E-state index contributed by atoms with van der Waals surface area (Å²) in [7, 11) is 0. The van der Waals surface area contributed by atoms with Crippen LogP contribution in [0.3, 0.4) is 0 Å². The minimum Gasteiger partial charge on any atom is -0.487 e. The Morgan fingerprint density at radius 1 is 1.15 bits per heavy atom. The van der Waals surface area contributed by atoms with Crippen molar-refractivity contribution in [2.75, 3.05) is 13.2 Å². The number of ether oxygens (including phenoxy) is 2. The molecule has 0 unspecified atom stereocenters. The third-order valence-electron chi connectivity index (χ3n) is 8.82. The van der Waals surface area contributed by atoms with Crippen molar-refractivity contribution in [3.8, 4) is 5.75 Å². The molecule has 4 aliphatic rings. The number of carboxylic acids is 1. The number of carboxylic acid groups (broad SMARTS) is 1. The maximum absolute atomic E-state index is 13.4. The molecule has 6 nitrogen and oxygen atoms in total. The van der Waals surface area contributed by atoms with E-state index in [-0.39, 0.29) is 29.9 Å². The SMILES string of the molecule is C[C@@]1(CCC(=O)O)Oc2ccccc2[C@@H]2OC[C@]3(CCCN3C(=O)CCC3CCCC3)C[C@H]21. The van der Waals surface area contributed by atoms with Gasteiger partial charge in [-0.05, 0) is 51.0 Å². The lowest BCUT2D eigenvalue weighted by Gasteiger charge is -2.54. The van der Waals surface area contributed by atoms with Gasteiger partial charge in [0.15, 0.2) is 0 Å². The summed E-state index contributed by atoms with van der Waals surface area (Å²) in [5.41, 5.74) is 0.0993. The number of rotatable bonds is 6. The lowest BCUT2D eigenvalue weighted by Crippen LogP contribution is -2.60. The van der Waals surface area contributed by atoms with Crippen molar-refractivity contribution in [3.05, 3.63) is 29.8 Å². The number of nitrogens with zero attached hydrogens (tertiary/aromatic N) is 1. The molecule has 180 valence electrons.